The van der Waals surface area contributed by atoms with Crippen molar-refractivity contribution >= 4 is 28.3 Å². The lowest BCUT2D eigenvalue weighted by Gasteiger charge is -2.30. The number of benzene rings is 1. The van der Waals surface area contributed by atoms with E-state index in [-0.39, 0.29) is 17.6 Å². The molecule has 0 atom stereocenters. The van der Waals surface area contributed by atoms with Gasteiger partial charge in [-0.25, -0.2) is 9.37 Å². The fourth-order valence-corrected chi connectivity index (χ4v) is 3.80. The average molecular weight is 329 g/mol. The molecule has 4 rings (SSSR count). The Labute approximate surface area is 137 Å². The quantitative estimate of drug-likeness (QED) is 0.778. The fraction of sp³-hybridized carbons (Fsp3) is 0.294. The van der Waals surface area contributed by atoms with Crippen LogP contribution in [-0.2, 0) is 0 Å². The van der Waals surface area contributed by atoms with E-state index in [0.29, 0.717) is 0 Å². The minimum atomic E-state index is -0.260. The lowest BCUT2D eigenvalue weighted by Crippen LogP contribution is -2.37. The summed E-state index contributed by atoms with van der Waals surface area (Å²) in [7, 11) is 0. The molecule has 1 fully saturated rings. The Balaban J connectivity index is 1.47. The highest BCUT2D eigenvalue weighted by atomic mass is 32.1. The second-order valence-electron chi connectivity index (χ2n) is 5.83. The molecule has 0 bridgehead atoms. The first-order valence-corrected chi connectivity index (χ1v) is 8.56. The Morgan fingerprint density at radius 1 is 1.30 bits per heavy atom. The van der Waals surface area contributed by atoms with Crippen molar-refractivity contribution in [2.45, 2.75) is 18.8 Å². The van der Waals surface area contributed by atoms with Gasteiger partial charge in [0.2, 0.25) is 0 Å². The van der Waals surface area contributed by atoms with Gasteiger partial charge in [0.25, 0.3) is 5.91 Å². The van der Waals surface area contributed by atoms with Crippen molar-refractivity contribution in [2.24, 2.45) is 0 Å². The number of amides is 1. The van der Waals surface area contributed by atoms with Crippen molar-refractivity contribution in [3.63, 3.8) is 0 Å². The number of imidazole rings is 1. The van der Waals surface area contributed by atoms with E-state index in [9.17, 15) is 9.18 Å². The van der Waals surface area contributed by atoms with Crippen LogP contribution >= 0.6 is 11.3 Å². The van der Waals surface area contributed by atoms with E-state index in [2.05, 4.69) is 9.97 Å². The summed E-state index contributed by atoms with van der Waals surface area (Å²) in [6.07, 6.45) is 1.75. The molecule has 0 unspecified atom stereocenters. The second-order valence-corrected chi connectivity index (χ2v) is 6.77. The highest BCUT2D eigenvalue weighted by molar-refractivity contribution is 7.12. The van der Waals surface area contributed by atoms with Gasteiger partial charge >= 0.3 is 0 Å². The summed E-state index contributed by atoms with van der Waals surface area (Å²) >= 11 is 1.48. The monoisotopic (exact) mass is 329 g/mol. The van der Waals surface area contributed by atoms with Gasteiger partial charge < -0.3 is 9.88 Å². The third kappa shape index (κ3) is 2.74. The highest BCUT2D eigenvalue weighted by Gasteiger charge is 2.26. The van der Waals surface area contributed by atoms with Crippen molar-refractivity contribution in [3.05, 3.63) is 52.2 Å². The van der Waals surface area contributed by atoms with Crippen LogP contribution < -0.4 is 0 Å². The number of aromatic nitrogens is 2. The zero-order valence-corrected chi connectivity index (χ0v) is 13.3. The molecule has 3 aromatic rings. The number of rotatable bonds is 2. The number of carbonyl (C=O) groups excluding carboxylic acids is 1. The number of aromatic amines is 1. The molecule has 6 heteroatoms. The summed E-state index contributed by atoms with van der Waals surface area (Å²) < 4.78 is 13.3. The third-order valence-electron chi connectivity index (χ3n) is 4.36. The van der Waals surface area contributed by atoms with Gasteiger partial charge in [-0.2, -0.15) is 0 Å². The summed E-state index contributed by atoms with van der Waals surface area (Å²) in [5, 5.41) is 1.92. The molecule has 2 aromatic heterocycles. The Kier molecular flexibility index (Phi) is 3.61. The summed E-state index contributed by atoms with van der Waals surface area (Å²) in [6, 6.07) is 8.36. The Hall–Kier alpha value is -2.21. The number of halogens is 1. The molecule has 1 aliphatic rings. The van der Waals surface area contributed by atoms with Gasteiger partial charge in [0.1, 0.15) is 11.6 Å². The van der Waals surface area contributed by atoms with Gasteiger partial charge in [-0.1, -0.05) is 6.07 Å². The summed E-state index contributed by atoms with van der Waals surface area (Å²) in [5.41, 5.74) is 1.52. The molecule has 3 heterocycles. The van der Waals surface area contributed by atoms with Crippen LogP contribution in [0.5, 0.6) is 0 Å². The van der Waals surface area contributed by atoms with Crippen molar-refractivity contribution < 1.29 is 9.18 Å². The van der Waals surface area contributed by atoms with Gasteiger partial charge in [-0.3, -0.25) is 4.79 Å². The van der Waals surface area contributed by atoms with Crippen LogP contribution in [0.2, 0.25) is 0 Å². The van der Waals surface area contributed by atoms with Gasteiger partial charge in [0.15, 0.2) is 0 Å². The third-order valence-corrected chi connectivity index (χ3v) is 5.22. The number of piperidine rings is 1. The van der Waals surface area contributed by atoms with Gasteiger partial charge in [0.05, 0.1) is 15.9 Å². The summed E-state index contributed by atoms with van der Waals surface area (Å²) in [6.45, 7) is 1.46. The lowest BCUT2D eigenvalue weighted by atomic mass is 9.96. The maximum atomic E-state index is 13.3. The average Bonchev–Trinajstić information content (AvgIpc) is 3.23. The summed E-state index contributed by atoms with van der Waals surface area (Å²) in [4.78, 5) is 22.9. The fourth-order valence-electron chi connectivity index (χ4n) is 3.11. The molecular weight excluding hydrogens is 313 g/mol. The molecule has 4 nitrogen and oxygen atoms in total. The van der Waals surface area contributed by atoms with Crippen LogP contribution in [0.15, 0.2) is 35.7 Å². The molecule has 1 aliphatic heterocycles. The number of H-pyrrole nitrogens is 1. The predicted octanol–water partition coefficient (Wildman–Crippen LogP) is 3.78. The molecule has 1 amide bonds. The number of thiophene rings is 1. The molecule has 1 aromatic carbocycles. The van der Waals surface area contributed by atoms with Crippen LogP contribution in [-0.4, -0.2) is 33.9 Å². The largest absolute Gasteiger partial charge is 0.342 e. The number of likely N-dealkylation sites (tertiary alicyclic amines) is 1. The van der Waals surface area contributed by atoms with Gasteiger partial charge in [-0.15, -0.1) is 11.3 Å². The lowest BCUT2D eigenvalue weighted by molar-refractivity contribution is 0.0716. The minimum Gasteiger partial charge on any atom is -0.342 e. The van der Waals surface area contributed by atoms with E-state index < -0.39 is 0 Å². The minimum absolute atomic E-state index is 0.116. The Morgan fingerprint density at radius 3 is 2.87 bits per heavy atom. The van der Waals surface area contributed by atoms with Crippen LogP contribution in [0.4, 0.5) is 4.39 Å². The molecule has 1 N–H and O–H groups in total. The van der Waals surface area contributed by atoms with Crippen molar-refractivity contribution in [1.29, 1.82) is 0 Å². The molecule has 0 spiro atoms. The van der Waals surface area contributed by atoms with E-state index in [1.165, 1.54) is 23.5 Å². The SMILES string of the molecule is O=C(c1cccs1)N1CCC(c2nc3ccc(F)cc3[nH]2)CC1. The van der Waals surface area contributed by atoms with E-state index in [1.807, 2.05) is 22.4 Å². The standard InChI is InChI=1S/C17H16FN3OS/c18-12-3-4-13-14(10-12)20-16(19-13)11-5-7-21(8-6-11)17(22)15-2-1-9-23-15/h1-4,9-11H,5-8H2,(H,19,20). The molecule has 1 saturated heterocycles. The number of carbonyl (C=O) groups is 1. The van der Waals surface area contributed by atoms with Crippen LogP contribution in [0.3, 0.4) is 0 Å². The maximum absolute atomic E-state index is 13.3. The first kappa shape index (κ1) is 14.4. The number of nitrogens with zero attached hydrogens (tertiary/aromatic N) is 2. The van der Waals surface area contributed by atoms with Crippen LogP contribution in [0.1, 0.15) is 34.3 Å². The molecular formula is C17H16FN3OS. The predicted molar refractivity (Wildman–Crippen MR) is 88.2 cm³/mol. The maximum Gasteiger partial charge on any atom is 0.263 e. The van der Waals surface area contributed by atoms with Crippen molar-refractivity contribution in [1.82, 2.24) is 14.9 Å². The second kappa shape index (κ2) is 5.77. The highest BCUT2D eigenvalue weighted by Crippen LogP contribution is 2.29. The first-order chi connectivity index (χ1) is 11.2. The number of hydrogen-bond acceptors (Lipinski definition) is 3. The zero-order chi connectivity index (χ0) is 15.8. The smallest absolute Gasteiger partial charge is 0.263 e. The number of hydrogen-bond donors (Lipinski definition) is 1. The Morgan fingerprint density at radius 2 is 2.13 bits per heavy atom. The zero-order valence-electron chi connectivity index (χ0n) is 12.5. The molecule has 0 radical (unpaired) electrons. The van der Waals surface area contributed by atoms with E-state index in [4.69, 9.17) is 0 Å². The van der Waals surface area contributed by atoms with E-state index in [0.717, 1.165) is 47.7 Å². The Bertz CT molecular complexity index is 835. The molecule has 23 heavy (non-hydrogen) atoms. The number of fused-ring (bicyclic) bond motifs is 1. The summed E-state index contributed by atoms with van der Waals surface area (Å²) in [5.74, 6) is 1.04. The van der Waals surface area contributed by atoms with Crippen molar-refractivity contribution in [2.75, 3.05) is 13.1 Å². The van der Waals surface area contributed by atoms with Gasteiger partial charge in [-0.05, 0) is 42.5 Å². The molecule has 0 aliphatic carbocycles. The first-order valence-electron chi connectivity index (χ1n) is 7.68. The van der Waals surface area contributed by atoms with Crippen LogP contribution in [0.25, 0.3) is 11.0 Å². The molecule has 0 saturated carbocycles. The van der Waals surface area contributed by atoms with E-state index >= 15 is 0 Å². The topological polar surface area (TPSA) is 49.0 Å². The van der Waals surface area contributed by atoms with Crippen molar-refractivity contribution in [3.8, 4) is 0 Å². The number of nitrogens with one attached hydrogen (secondary N) is 1. The molecule has 118 valence electrons. The van der Waals surface area contributed by atoms with Gasteiger partial charge in [0, 0.05) is 19.0 Å². The van der Waals surface area contributed by atoms with E-state index in [1.54, 1.807) is 6.07 Å². The van der Waals surface area contributed by atoms with Crippen LogP contribution in [0, 0.1) is 5.82 Å². The normalized spacial score (nSPS) is 16.1.